The molecule has 4 aromatic rings. The number of halogens is 2. The van der Waals surface area contributed by atoms with Crippen LogP contribution in [-0.2, 0) is 34.6 Å². The Balaban J connectivity index is 0.00000281. The van der Waals surface area contributed by atoms with Gasteiger partial charge in [0, 0.05) is 0 Å². The molecule has 2 aliphatic carbocycles. The first-order valence-corrected chi connectivity index (χ1v) is 32.0. The normalized spacial score (nSPS) is 17.4. The van der Waals surface area contributed by atoms with Crippen LogP contribution in [0, 0.1) is 5.92 Å². The van der Waals surface area contributed by atoms with Gasteiger partial charge in [-0.25, -0.2) is 0 Å². The monoisotopic (exact) mass is 800 g/mol. The van der Waals surface area contributed by atoms with Crippen LogP contribution in [0.15, 0.2) is 90.0 Å². The Hall–Kier alpha value is -1.96. The van der Waals surface area contributed by atoms with Crippen LogP contribution >= 0.6 is 24.8 Å². The third-order valence-electron chi connectivity index (χ3n) is 11.6. The van der Waals surface area contributed by atoms with Crippen LogP contribution in [0.5, 0.6) is 0 Å². The molecule has 4 heteroatoms. The molecule has 2 unspecified atom stereocenters. The second-order valence-electron chi connectivity index (χ2n) is 18.5. The summed E-state index contributed by atoms with van der Waals surface area (Å²) in [6.07, 6.45) is 6.24. The van der Waals surface area contributed by atoms with Crippen LogP contribution in [0.1, 0.15) is 115 Å². The molecule has 0 fully saturated rings. The fraction of sp³-hybridized carbons (Fsp3) is 0.391. The van der Waals surface area contributed by atoms with Crippen molar-refractivity contribution in [1.29, 1.82) is 0 Å². The summed E-state index contributed by atoms with van der Waals surface area (Å²) in [7, 11) is 0. The molecule has 0 radical (unpaired) electrons. The van der Waals surface area contributed by atoms with Gasteiger partial charge in [-0.05, 0) is 0 Å². The van der Waals surface area contributed by atoms with Crippen molar-refractivity contribution in [2.75, 3.05) is 0 Å². The first-order chi connectivity index (χ1) is 22.3. The predicted octanol–water partition coefficient (Wildman–Crippen LogP) is 13.6. The first kappa shape index (κ1) is 40.8. The largest absolute Gasteiger partial charge is 0.147 e. The Labute approximate surface area is 319 Å². The molecule has 0 N–H and O–H groups in total. The summed E-state index contributed by atoms with van der Waals surface area (Å²) < 4.78 is 6.58. The second kappa shape index (κ2) is 14.1. The zero-order chi connectivity index (χ0) is 35.0. The molecule has 4 aromatic carbocycles. The third-order valence-corrected chi connectivity index (χ3v) is 29.2. The van der Waals surface area contributed by atoms with E-state index in [-0.39, 0.29) is 35.6 Å². The minimum atomic E-state index is -3.72. The number of benzene rings is 4. The molecule has 0 saturated heterocycles. The van der Waals surface area contributed by atoms with Crippen LogP contribution in [0.4, 0.5) is 0 Å². The quantitative estimate of drug-likeness (QED) is 0.170. The Kier molecular flexibility index (Phi) is 11.5. The van der Waals surface area contributed by atoms with Gasteiger partial charge in [0.05, 0.1) is 0 Å². The Bertz CT molecular complexity index is 2020. The maximum atomic E-state index is 2.79. The average molecular weight is 803 g/mol. The first-order valence-electron chi connectivity index (χ1n) is 18.3. The fourth-order valence-corrected chi connectivity index (χ4v) is 29.6. The van der Waals surface area contributed by atoms with Crippen molar-refractivity contribution in [3.63, 3.8) is 0 Å². The summed E-state index contributed by atoms with van der Waals surface area (Å²) in [6, 6.07) is 31.1. The topological polar surface area (TPSA) is 0 Å². The van der Waals surface area contributed by atoms with Gasteiger partial charge in [0.15, 0.2) is 0 Å². The molecule has 2 atom stereocenters. The van der Waals surface area contributed by atoms with E-state index in [0.29, 0.717) is 13.2 Å². The van der Waals surface area contributed by atoms with Gasteiger partial charge < -0.3 is 0 Å². The minimum Gasteiger partial charge on any atom is -0.147 e. The summed E-state index contributed by atoms with van der Waals surface area (Å²) in [6.45, 7) is 25.9. The van der Waals surface area contributed by atoms with Crippen molar-refractivity contribution in [2.24, 2.45) is 5.92 Å². The van der Waals surface area contributed by atoms with Gasteiger partial charge in [0.2, 0.25) is 0 Å². The average Bonchev–Trinajstić information content (AvgIpc) is 3.59. The van der Waals surface area contributed by atoms with E-state index in [1.807, 2.05) is 0 Å². The zero-order valence-corrected chi connectivity index (χ0v) is 38.1. The maximum absolute atomic E-state index is 3.72. The van der Waals surface area contributed by atoms with Crippen LogP contribution in [0.2, 0.25) is 9.26 Å². The van der Waals surface area contributed by atoms with Gasteiger partial charge >= 0.3 is 297 Å². The van der Waals surface area contributed by atoms with Crippen molar-refractivity contribution in [3.8, 4) is 22.3 Å². The van der Waals surface area contributed by atoms with E-state index >= 15 is 0 Å². The molecule has 2 aliphatic rings. The molecule has 0 aliphatic heterocycles. The Morgan fingerprint density at radius 2 is 1.16 bits per heavy atom. The van der Waals surface area contributed by atoms with E-state index < -0.39 is 17.4 Å². The zero-order valence-electron chi connectivity index (χ0n) is 32.6. The standard InChI is InChI=1S/2C22H25.2CH3.2ClH.H2Si.Zr/c1-15(2)18-13-17-7-6-8-20(21(17)14-18)16-9-11-19(12-10-16)22(3,4)5;1-6-16-13-18-11-15(2)12-20(18)21(14-16)17-7-9-19(10-8-17)22(3,4)5;;;;;;/h6-15H,1-5H3;7-14H,6H2,1-5H3;2*1H3;2*1H;1H2;. The SMILES string of the molecule is CCc1cc(-c2ccc(C(C)(C)C)cc2)c2c(c1)[CH]([Zr]([CH3])([CH3])(=[SiH2])[CH]1C(C(C)C)=Cc3c(-c4ccc(C(C)(C)C)cc4)cccc31)C(C)=C2.Cl.Cl. The molecule has 50 heavy (non-hydrogen) atoms. The number of hydrogen-bond acceptors (Lipinski definition) is 0. The molecular weight excluding hydrogens is 743 g/mol. The Morgan fingerprint density at radius 3 is 1.64 bits per heavy atom. The van der Waals surface area contributed by atoms with Crippen LogP contribution in [0.25, 0.3) is 34.4 Å². The van der Waals surface area contributed by atoms with Gasteiger partial charge in [-0.2, -0.15) is 0 Å². The number of fused-ring (bicyclic) bond motifs is 2. The van der Waals surface area contributed by atoms with Gasteiger partial charge in [-0.1, -0.05) is 0 Å². The molecule has 0 amide bonds. The molecule has 0 aromatic heterocycles. The maximum Gasteiger partial charge on any atom is -0.147 e. The van der Waals surface area contributed by atoms with E-state index in [2.05, 4.69) is 176 Å². The van der Waals surface area contributed by atoms with Crippen molar-refractivity contribution in [1.82, 2.24) is 0 Å². The van der Waals surface area contributed by atoms with Crippen molar-refractivity contribution >= 4 is 43.8 Å². The summed E-state index contributed by atoms with van der Waals surface area (Å²) >= 11 is -3.72. The molecular formula is C46H60Cl2SiZr. The Morgan fingerprint density at radius 1 is 0.660 bits per heavy atom. The van der Waals surface area contributed by atoms with Gasteiger partial charge in [0.1, 0.15) is 0 Å². The second-order valence-corrected chi connectivity index (χ2v) is 48.9. The summed E-state index contributed by atoms with van der Waals surface area (Å²) in [5.41, 5.74) is 19.3. The summed E-state index contributed by atoms with van der Waals surface area (Å²) in [5, 5.41) is 0. The number of rotatable bonds is 6. The molecule has 266 valence electrons. The van der Waals surface area contributed by atoms with Crippen molar-refractivity contribution in [2.45, 2.75) is 103 Å². The van der Waals surface area contributed by atoms with E-state index in [0.717, 1.165) is 6.42 Å². The van der Waals surface area contributed by atoms with Crippen molar-refractivity contribution < 1.29 is 17.4 Å². The molecule has 0 bridgehead atoms. The molecule has 0 nitrogen and oxygen atoms in total. The fourth-order valence-electron chi connectivity index (χ4n) is 9.10. The number of hydrogen-bond donors (Lipinski definition) is 0. The van der Waals surface area contributed by atoms with Crippen LogP contribution in [0.3, 0.4) is 0 Å². The third kappa shape index (κ3) is 7.18. The molecule has 6 rings (SSSR count). The van der Waals surface area contributed by atoms with Gasteiger partial charge in [0.25, 0.3) is 0 Å². The van der Waals surface area contributed by atoms with E-state index in [9.17, 15) is 0 Å². The van der Waals surface area contributed by atoms with Crippen molar-refractivity contribution in [3.05, 3.63) is 129 Å². The molecule has 0 saturated carbocycles. The van der Waals surface area contributed by atoms with E-state index in [1.165, 1.54) is 50.1 Å². The van der Waals surface area contributed by atoms with E-state index in [4.69, 9.17) is 0 Å². The van der Waals surface area contributed by atoms with E-state index in [1.54, 1.807) is 22.3 Å². The minimum absolute atomic E-state index is 0. The number of aryl methyl sites for hydroxylation is 1. The molecule has 0 spiro atoms. The molecule has 0 heterocycles. The van der Waals surface area contributed by atoms with Crippen LogP contribution in [-0.4, -0.2) is 6.88 Å². The van der Waals surface area contributed by atoms with Crippen LogP contribution < -0.4 is 0 Å². The predicted molar refractivity (Wildman–Crippen MR) is 227 cm³/mol. The number of allylic oxidation sites excluding steroid dienone is 2. The summed E-state index contributed by atoms with van der Waals surface area (Å²) in [5.74, 6) is 0.500. The summed E-state index contributed by atoms with van der Waals surface area (Å²) in [4.78, 5) is 0. The van der Waals surface area contributed by atoms with Gasteiger partial charge in [-0.3, -0.25) is 0 Å². The smallest absolute Gasteiger partial charge is 0.147 e. The van der Waals surface area contributed by atoms with Gasteiger partial charge in [-0.15, -0.1) is 24.8 Å².